The molecule has 16 heavy (non-hydrogen) atoms. The Labute approximate surface area is 94.7 Å². The Morgan fingerprint density at radius 2 is 2.31 bits per heavy atom. The smallest absolute Gasteiger partial charge is 0.170 e. The van der Waals surface area contributed by atoms with Crippen LogP contribution in [0, 0.1) is 0 Å². The third-order valence-corrected chi connectivity index (χ3v) is 3.03. The third-order valence-electron chi connectivity index (χ3n) is 2.02. The molecule has 0 saturated heterocycles. The highest BCUT2D eigenvalue weighted by molar-refractivity contribution is 7.14. The van der Waals surface area contributed by atoms with Gasteiger partial charge in [0.05, 0.1) is 12.5 Å². The number of H-pyrrole nitrogens is 1. The lowest BCUT2D eigenvalue weighted by atomic mass is 10.3. The van der Waals surface area contributed by atoms with E-state index < -0.39 is 0 Å². The van der Waals surface area contributed by atoms with Crippen LogP contribution < -0.4 is 0 Å². The summed E-state index contributed by atoms with van der Waals surface area (Å²) in [6.07, 6.45) is 8.78. The van der Waals surface area contributed by atoms with Crippen molar-refractivity contribution in [1.82, 2.24) is 25.6 Å². The van der Waals surface area contributed by atoms with Crippen molar-refractivity contribution < 1.29 is 4.74 Å². The van der Waals surface area contributed by atoms with E-state index in [-0.39, 0.29) is 6.10 Å². The molecule has 3 rings (SSSR count). The van der Waals surface area contributed by atoms with Gasteiger partial charge in [0.25, 0.3) is 0 Å². The van der Waals surface area contributed by atoms with E-state index in [1.54, 1.807) is 12.5 Å². The molecule has 0 saturated carbocycles. The Morgan fingerprint density at radius 3 is 3.06 bits per heavy atom. The number of aromatic amines is 1. The lowest BCUT2D eigenvalue weighted by Crippen LogP contribution is -1.98. The molecule has 2 aromatic rings. The van der Waals surface area contributed by atoms with Gasteiger partial charge in [-0.1, -0.05) is 17.4 Å². The molecule has 0 fully saturated rings. The maximum Gasteiger partial charge on any atom is 0.170 e. The third kappa shape index (κ3) is 1.61. The molecule has 1 aliphatic rings. The minimum Gasteiger partial charge on any atom is -0.487 e. The Balaban J connectivity index is 1.88. The fourth-order valence-electron chi connectivity index (χ4n) is 1.28. The van der Waals surface area contributed by atoms with Crippen LogP contribution in [-0.2, 0) is 4.74 Å². The molecule has 80 valence electrons. The van der Waals surface area contributed by atoms with Crippen LogP contribution in [0.15, 0.2) is 30.7 Å². The van der Waals surface area contributed by atoms with Crippen LogP contribution in [-0.4, -0.2) is 25.6 Å². The zero-order chi connectivity index (χ0) is 10.8. The van der Waals surface area contributed by atoms with Crippen molar-refractivity contribution in [2.45, 2.75) is 6.10 Å². The normalized spacial score (nSPS) is 18.6. The molecular formula is C9H7N5OS. The zero-order valence-electron chi connectivity index (χ0n) is 8.07. The summed E-state index contributed by atoms with van der Waals surface area (Å²) >= 11 is 1.44. The fourth-order valence-corrected chi connectivity index (χ4v) is 2.10. The first-order valence-electron chi connectivity index (χ1n) is 4.62. The average molecular weight is 233 g/mol. The van der Waals surface area contributed by atoms with Crippen LogP contribution in [0.3, 0.4) is 0 Å². The van der Waals surface area contributed by atoms with E-state index in [0.29, 0.717) is 5.69 Å². The van der Waals surface area contributed by atoms with Gasteiger partial charge in [0.15, 0.2) is 16.1 Å². The monoisotopic (exact) mass is 233 g/mol. The van der Waals surface area contributed by atoms with Crippen molar-refractivity contribution in [3.05, 3.63) is 35.7 Å². The van der Waals surface area contributed by atoms with Crippen molar-refractivity contribution in [3.8, 4) is 10.7 Å². The van der Waals surface area contributed by atoms with Crippen LogP contribution in [0.1, 0.15) is 11.1 Å². The minimum atomic E-state index is -0.150. The van der Waals surface area contributed by atoms with Crippen LogP contribution >= 0.6 is 11.3 Å². The number of allylic oxidation sites excluding steroid dienone is 2. The lowest BCUT2D eigenvalue weighted by Gasteiger charge is -2.10. The highest BCUT2D eigenvalue weighted by atomic mass is 32.1. The fraction of sp³-hybridized carbons (Fsp3) is 0.111. The van der Waals surface area contributed by atoms with E-state index in [1.165, 1.54) is 11.3 Å². The minimum absolute atomic E-state index is 0.150. The summed E-state index contributed by atoms with van der Waals surface area (Å²) in [5.41, 5.74) is 0.694. The Kier molecular flexibility index (Phi) is 2.22. The van der Waals surface area contributed by atoms with Gasteiger partial charge in [-0.15, -0.1) is 10.2 Å². The summed E-state index contributed by atoms with van der Waals surface area (Å²) < 4.78 is 5.39. The predicted octanol–water partition coefficient (Wildman–Crippen LogP) is 1.46. The summed E-state index contributed by atoms with van der Waals surface area (Å²) in [6.45, 7) is 0. The topological polar surface area (TPSA) is 76.6 Å². The largest absolute Gasteiger partial charge is 0.487 e. The number of aromatic nitrogens is 5. The molecule has 0 aliphatic carbocycles. The number of nitrogens with one attached hydrogen (secondary N) is 1. The number of nitrogens with zero attached hydrogens (tertiary/aromatic N) is 4. The van der Waals surface area contributed by atoms with Crippen molar-refractivity contribution in [2.75, 3.05) is 0 Å². The second kappa shape index (κ2) is 3.86. The van der Waals surface area contributed by atoms with Crippen molar-refractivity contribution >= 4 is 11.3 Å². The van der Waals surface area contributed by atoms with Gasteiger partial charge >= 0.3 is 0 Å². The van der Waals surface area contributed by atoms with Gasteiger partial charge in [-0.05, 0) is 12.2 Å². The molecule has 6 nitrogen and oxygen atoms in total. The van der Waals surface area contributed by atoms with Gasteiger partial charge in [0.2, 0.25) is 0 Å². The summed E-state index contributed by atoms with van der Waals surface area (Å²) in [5.74, 6) is 0. The quantitative estimate of drug-likeness (QED) is 0.849. The van der Waals surface area contributed by atoms with E-state index in [2.05, 4.69) is 25.6 Å². The molecule has 0 radical (unpaired) electrons. The number of hydrogen-bond donors (Lipinski definition) is 1. The maximum atomic E-state index is 5.39. The standard InChI is InChI=1S/C9H7N5OS/c1-2-4-15-7(3-1)9-13-12-8(16-9)6-5-10-14-11-6/h1-5,7H,(H,10,11,14). The van der Waals surface area contributed by atoms with Crippen LogP contribution in [0.4, 0.5) is 0 Å². The van der Waals surface area contributed by atoms with Crippen LogP contribution in [0.2, 0.25) is 0 Å². The molecule has 0 spiro atoms. The summed E-state index contributed by atoms with van der Waals surface area (Å²) in [4.78, 5) is 0. The molecular weight excluding hydrogens is 226 g/mol. The second-order valence-corrected chi connectivity index (χ2v) is 4.08. The molecule has 0 bridgehead atoms. The SMILES string of the molecule is C1=COC(c2nnc(-c3cn[nH]n3)s2)C=C1. The molecule has 1 unspecified atom stereocenters. The van der Waals surface area contributed by atoms with Gasteiger partial charge in [-0.2, -0.15) is 15.4 Å². The van der Waals surface area contributed by atoms with Gasteiger partial charge in [-0.3, -0.25) is 0 Å². The van der Waals surface area contributed by atoms with E-state index in [1.807, 2.05) is 18.2 Å². The number of hydrogen-bond acceptors (Lipinski definition) is 6. The molecule has 0 aromatic carbocycles. The Hall–Kier alpha value is -2.02. The first-order valence-corrected chi connectivity index (χ1v) is 5.43. The van der Waals surface area contributed by atoms with Gasteiger partial charge in [0, 0.05) is 0 Å². The molecule has 7 heteroatoms. The van der Waals surface area contributed by atoms with E-state index in [4.69, 9.17) is 4.74 Å². The molecule has 1 aliphatic heterocycles. The van der Waals surface area contributed by atoms with Crippen molar-refractivity contribution in [3.63, 3.8) is 0 Å². The Bertz CT molecular complexity index is 530. The van der Waals surface area contributed by atoms with Crippen LogP contribution in [0.5, 0.6) is 0 Å². The highest BCUT2D eigenvalue weighted by Gasteiger charge is 2.17. The molecule has 0 amide bonds. The first-order chi connectivity index (χ1) is 7.93. The van der Waals surface area contributed by atoms with Crippen LogP contribution in [0.25, 0.3) is 10.7 Å². The number of rotatable bonds is 2. The van der Waals surface area contributed by atoms with Gasteiger partial charge < -0.3 is 4.74 Å². The zero-order valence-corrected chi connectivity index (χ0v) is 8.89. The molecule has 3 heterocycles. The van der Waals surface area contributed by atoms with Gasteiger partial charge in [-0.25, -0.2) is 0 Å². The Morgan fingerprint density at radius 1 is 1.31 bits per heavy atom. The maximum absolute atomic E-state index is 5.39. The van der Waals surface area contributed by atoms with Crippen molar-refractivity contribution in [1.29, 1.82) is 0 Å². The highest BCUT2D eigenvalue weighted by Crippen LogP contribution is 2.28. The molecule has 1 N–H and O–H groups in total. The summed E-state index contributed by atoms with van der Waals surface area (Å²) in [7, 11) is 0. The first kappa shape index (κ1) is 9.22. The molecule has 2 aromatic heterocycles. The van der Waals surface area contributed by atoms with Crippen molar-refractivity contribution in [2.24, 2.45) is 0 Å². The average Bonchev–Trinajstić information content (AvgIpc) is 3.01. The van der Waals surface area contributed by atoms with E-state index in [0.717, 1.165) is 10.0 Å². The predicted molar refractivity (Wildman–Crippen MR) is 57.4 cm³/mol. The number of ether oxygens (including phenoxy) is 1. The molecule has 1 atom stereocenters. The summed E-state index contributed by atoms with van der Waals surface area (Å²) in [6, 6.07) is 0. The van der Waals surface area contributed by atoms with E-state index in [9.17, 15) is 0 Å². The van der Waals surface area contributed by atoms with Gasteiger partial charge in [0.1, 0.15) is 5.69 Å². The second-order valence-electron chi connectivity index (χ2n) is 3.07. The van der Waals surface area contributed by atoms with E-state index >= 15 is 0 Å². The lowest BCUT2D eigenvalue weighted by molar-refractivity contribution is 0.185. The summed E-state index contributed by atoms with van der Waals surface area (Å²) in [5, 5.41) is 19.9.